The average molecular weight is 113 g/mol. The monoisotopic (exact) mass is 113 g/mol. The van der Waals surface area contributed by atoms with Crippen LogP contribution in [-0.4, -0.2) is 12.3 Å². The summed E-state index contributed by atoms with van der Waals surface area (Å²) in [6.07, 6.45) is 4.62. The fourth-order valence-corrected chi connectivity index (χ4v) is 1.28. The molecule has 2 N–H and O–H groups in total. The largest absolute Gasteiger partial charge is 0.353 e. The second-order valence-corrected chi connectivity index (χ2v) is 2.76. The van der Waals surface area contributed by atoms with Crippen LogP contribution in [0.3, 0.4) is 0 Å². The summed E-state index contributed by atoms with van der Waals surface area (Å²) in [4.78, 5) is 0. The normalized spacial score (nSPS) is 46.1. The Balaban J connectivity index is 1.82. The van der Waals surface area contributed by atoms with E-state index < -0.39 is 0 Å². The lowest BCUT2D eigenvalue weighted by atomic mass is 9.83. The lowest BCUT2D eigenvalue weighted by Crippen LogP contribution is -2.21. The van der Waals surface area contributed by atoms with Crippen molar-refractivity contribution >= 4 is 0 Å². The van der Waals surface area contributed by atoms with Gasteiger partial charge in [-0.1, -0.05) is 6.42 Å². The Labute approximate surface area is 49.0 Å². The number of nitrogens with two attached hydrogens (primary N) is 1. The van der Waals surface area contributed by atoms with Crippen LogP contribution in [0.1, 0.15) is 19.3 Å². The molecule has 0 aromatic rings. The summed E-state index contributed by atoms with van der Waals surface area (Å²) < 4.78 is 5.10. The molecular weight excluding hydrogens is 102 g/mol. The maximum atomic E-state index is 5.45. The van der Waals surface area contributed by atoms with Gasteiger partial charge < -0.3 is 10.5 Å². The Morgan fingerprint density at radius 1 is 1.38 bits per heavy atom. The van der Waals surface area contributed by atoms with Crippen LogP contribution in [0.25, 0.3) is 0 Å². The maximum Gasteiger partial charge on any atom is 0.133 e. The van der Waals surface area contributed by atoms with Crippen molar-refractivity contribution in [3.63, 3.8) is 0 Å². The van der Waals surface area contributed by atoms with Gasteiger partial charge >= 0.3 is 0 Å². The molecule has 2 fully saturated rings. The van der Waals surface area contributed by atoms with Gasteiger partial charge in [-0.15, -0.1) is 0 Å². The van der Waals surface area contributed by atoms with Crippen LogP contribution in [0.2, 0.25) is 0 Å². The molecule has 1 aliphatic carbocycles. The van der Waals surface area contributed by atoms with Gasteiger partial charge in [0.15, 0.2) is 0 Å². The first-order valence-electron chi connectivity index (χ1n) is 3.29. The van der Waals surface area contributed by atoms with Crippen molar-refractivity contribution in [1.29, 1.82) is 0 Å². The van der Waals surface area contributed by atoms with Gasteiger partial charge in [0.2, 0.25) is 0 Å². The van der Waals surface area contributed by atoms with Gasteiger partial charge in [-0.3, -0.25) is 0 Å². The van der Waals surface area contributed by atoms with Crippen LogP contribution < -0.4 is 5.73 Å². The number of ether oxygens (including phenoxy) is 1. The average Bonchev–Trinajstić information content (AvgIpc) is 2.13. The highest BCUT2D eigenvalue weighted by Crippen LogP contribution is 2.38. The Bertz CT molecular complexity index is 97.9. The van der Waals surface area contributed by atoms with Crippen LogP contribution in [0, 0.1) is 5.92 Å². The Kier molecular flexibility index (Phi) is 0.866. The predicted molar refractivity (Wildman–Crippen MR) is 30.2 cm³/mol. The van der Waals surface area contributed by atoms with Crippen molar-refractivity contribution in [3.05, 3.63) is 0 Å². The van der Waals surface area contributed by atoms with E-state index in [9.17, 15) is 0 Å². The van der Waals surface area contributed by atoms with Crippen molar-refractivity contribution in [2.45, 2.75) is 31.6 Å². The molecule has 0 aromatic carbocycles. The summed E-state index contributed by atoms with van der Waals surface area (Å²) in [6, 6.07) is 0. The van der Waals surface area contributed by atoms with Gasteiger partial charge in [-0.05, 0) is 18.8 Å². The number of epoxide rings is 1. The van der Waals surface area contributed by atoms with Crippen LogP contribution in [0.15, 0.2) is 0 Å². The molecule has 0 spiro atoms. The second kappa shape index (κ2) is 1.45. The summed E-state index contributed by atoms with van der Waals surface area (Å²) in [5, 5.41) is 0. The molecule has 2 nitrogen and oxygen atoms in total. The molecule has 1 heterocycles. The highest BCUT2D eigenvalue weighted by Gasteiger charge is 2.44. The molecule has 0 radical (unpaired) electrons. The molecule has 0 amide bonds. The SMILES string of the molecule is NC1OC1C1CCC1. The van der Waals surface area contributed by atoms with Crippen LogP contribution >= 0.6 is 0 Å². The van der Waals surface area contributed by atoms with Crippen molar-refractivity contribution in [2.75, 3.05) is 0 Å². The summed E-state index contributed by atoms with van der Waals surface area (Å²) in [7, 11) is 0. The lowest BCUT2D eigenvalue weighted by Gasteiger charge is -2.22. The third-order valence-electron chi connectivity index (χ3n) is 2.18. The first kappa shape index (κ1) is 4.77. The molecule has 2 rings (SSSR count). The Hall–Kier alpha value is -0.0800. The summed E-state index contributed by atoms with van der Waals surface area (Å²) in [5.74, 6) is 0.824. The zero-order valence-electron chi connectivity index (χ0n) is 4.84. The minimum Gasteiger partial charge on any atom is -0.353 e. The lowest BCUT2D eigenvalue weighted by molar-refractivity contribution is 0.230. The molecule has 46 valence electrons. The number of rotatable bonds is 1. The van der Waals surface area contributed by atoms with Crippen molar-refractivity contribution in [1.82, 2.24) is 0 Å². The van der Waals surface area contributed by atoms with E-state index in [4.69, 9.17) is 10.5 Å². The van der Waals surface area contributed by atoms with Gasteiger partial charge in [0.05, 0.1) is 0 Å². The van der Waals surface area contributed by atoms with E-state index in [1.54, 1.807) is 0 Å². The first-order valence-corrected chi connectivity index (χ1v) is 3.29. The van der Waals surface area contributed by atoms with E-state index in [-0.39, 0.29) is 6.23 Å². The predicted octanol–water partition coefficient (Wildman–Crippen LogP) is 0.470. The third-order valence-corrected chi connectivity index (χ3v) is 2.18. The van der Waals surface area contributed by atoms with E-state index in [0.29, 0.717) is 6.10 Å². The fourth-order valence-electron chi connectivity index (χ4n) is 1.28. The molecule has 1 saturated heterocycles. The fraction of sp³-hybridized carbons (Fsp3) is 1.00. The highest BCUT2D eigenvalue weighted by molar-refractivity contribution is 4.90. The van der Waals surface area contributed by atoms with Crippen molar-refractivity contribution in [2.24, 2.45) is 11.7 Å². The molecule has 2 unspecified atom stereocenters. The van der Waals surface area contributed by atoms with Gasteiger partial charge in [-0.2, -0.15) is 0 Å². The molecule has 0 aromatic heterocycles. The Morgan fingerprint density at radius 3 is 2.12 bits per heavy atom. The second-order valence-electron chi connectivity index (χ2n) is 2.76. The topological polar surface area (TPSA) is 38.5 Å². The molecule has 2 heteroatoms. The third kappa shape index (κ3) is 0.565. The molecule has 1 saturated carbocycles. The van der Waals surface area contributed by atoms with Crippen LogP contribution in [-0.2, 0) is 4.74 Å². The van der Waals surface area contributed by atoms with Gasteiger partial charge in [0.1, 0.15) is 12.3 Å². The van der Waals surface area contributed by atoms with Crippen LogP contribution in [0.5, 0.6) is 0 Å². The molecule has 2 atom stereocenters. The maximum absolute atomic E-state index is 5.45. The standard InChI is InChI=1S/C6H11NO/c7-6-5(8-6)4-2-1-3-4/h4-6H,1-3,7H2. The smallest absolute Gasteiger partial charge is 0.133 e. The quantitative estimate of drug-likeness (QED) is 0.502. The van der Waals surface area contributed by atoms with Gasteiger partial charge in [0, 0.05) is 0 Å². The zero-order valence-corrected chi connectivity index (χ0v) is 4.84. The van der Waals surface area contributed by atoms with Crippen molar-refractivity contribution < 1.29 is 4.74 Å². The van der Waals surface area contributed by atoms with E-state index in [1.807, 2.05) is 0 Å². The highest BCUT2D eigenvalue weighted by atomic mass is 16.6. The zero-order chi connectivity index (χ0) is 5.56. The van der Waals surface area contributed by atoms with Crippen LogP contribution in [0.4, 0.5) is 0 Å². The van der Waals surface area contributed by atoms with E-state index in [1.165, 1.54) is 19.3 Å². The van der Waals surface area contributed by atoms with Gasteiger partial charge in [0.25, 0.3) is 0 Å². The number of hydrogen-bond acceptors (Lipinski definition) is 2. The van der Waals surface area contributed by atoms with E-state index in [2.05, 4.69) is 0 Å². The van der Waals surface area contributed by atoms with E-state index in [0.717, 1.165) is 5.92 Å². The molecular formula is C6H11NO. The number of hydrogen-bond donors (Lipinski definition) is 1. The molecule has 8 heavy (non-hydrogen) atoms. The molecule has 1 aliphatic heterocycles. The van der Waals surface area contributed by atoms with Gasteiger partial charge in [-0.25, -0.2) is 0 Å². The summed E-state index contributed by atoms with van der Waals surface area (Å²) in [5.41, 5.74) is 5.45. The minimum absolute atomic E-state index is 0.0975. The minimum atomic E-state index is 0.0975. The van der Waals surface area contributed by atoms with Crippen molar-refractivity contribution in [3.8, 4) is 0 Å². The first-order chi connectivity index (χ1) is 3.88. The molecule has 2 aliphatic rings. The Morgan fingerprint density at radius 2 is 2.00 bits per heavy atom. The van der Waals surface area contributed by atoms with E-state index >= 15 is 0 Å². The molecule has 0 bridgehead atoms. The summed E-state index contributed by atoms with van der Waals surface area (Å²) >= 11 is 0. The summed E-state index contributed by atoms with van der Waals surface area (Å²) in [6.45, 7) is 0.